The molecule has 2 aromatic carbocycles. The van der Waals surface area contributed by atoms with Gasteiger partial charge >= 0.3 is 6.36 Å². The molecular formula is C23H19ClF3N3O6. The highest BCUT2D eigenvalue weighted by Gasteiger charge is 2.31. The van der Waals surface area contributed by atoms with Crippen molar-refractivity contribution < 1.29 is 41.7 Å². The minimum Gasteiger partial charge on any atom is -0.496 e. The third-order valence-electron chi connectivity index (χ3n) is 4.67. The SMILES string of the molecule is COc1cc(OC(F)(F)F)ccc1Oc1cc(Cl)cc(OC)c1C(=O)Nc1cc(C(N)=O)ncc1C. The zero-order valence-corrected chi connectivity index (χ0v) is 19.8. The van der Waals surface area contributed by atoms with E-state index in [2.05, 4.69) is 15.0 Å². The maximum Gasteiger partial charge on any atom is 0.573 e. The van der Waals surface area contributed by atoms with Gasteiger partial charge < -0.3 is 30.0 Å². The quantitative estimate of drug-likeness (QED) is 0.419. The van der Waals surface area contributed by atoms with Crippen LogP contribution in [0, 0.1) is 6.92 Å². The van der Waals surface area contributed by atoms with Gasteiger partial charge in [-0.25, -0.2) is 0 Å². The molecule has 9 nitrogen and oxygen atoms in total. The number of aryl methyl sites for hydroxylation is 1. The van der Waals surface area contributed by atoms with Crippen molar-refractivity contribution in [1.29, 1.82) is 0 Å². The molecule has 0 aliphatic carbocycles. The van der Waals surface area contributed by atoms with E-state index in [1.165, 1.54) is 44.7 Å². The summed E-state index contributed by atoms with van der Waals surface area (Å²) in [5.74, 6) is -2.25. The van der Waals surface area contributed by atoms with E-state index < -0.39 is 23.9 Å². The summed E-state index contributed by atoms with van der Waals surface area (Å²) in [6, 6.07) is 7.14. The van der Waals surface area contributed by atoms with E-state index in [-0.39, 0.29) is 45.0 Å². The van der Waals surface area contributed by atoms with Crippen molar-refractivity contribution in [3.8, 4) is 28.7 Å². The van der Waals surface area contributed by atoms with Crippen LogP contribution in [-0.4, -0.2) is 37.4 Å². The molecule has 1 aromatic heterocycles. The molecule has 0 aliphatic heterocycles. The Balaban J connectivity index is 2.02. The second kappa shape index (κ2) is 10.6. The Hall–Kier alpha value is -4.19. The fourth-order valence-electron chi connectivity index (χ4n) is 3.05. The first-order valence-electron chi connectivity index (χ1n) is 9.98. The van der Waals surface area contributed by atoms with E-state index >= 15 is 0 Å². The first-order chi connectivity index (χ1) is 16.9. The van der Waals surface area contributed by atoms with Crippen LogP contribution in [-0.2, 0) is 0 Å². The fraction of sp³-hybridized carbons (Fsp3) is 0.174. The van der Waals surface area contributed by atoms with E-state index in [1.807, 2.05) is 0 Å². The summed E-state index contributed by atoms with van der Waals surface area (Å²) in [6.07, 6.45) is -3.54. The first-order valence-corrected chi connectivity index (χ1v) is 10.4. The number of hydrogen-bond acceptors (Lipinski definition) is 7. The molecule has 3 aromatic rings. The van der Waals surface area contributed by atoms with Gasteiger partial charge in [0, 0.05) is 29.0 Å². The highest BCUT2D eigenvalue weighted by molar-refractivity contribution is 6.31. The summed E-state index contributed by atoms with van der Waals surface area (Å²) >= 11 is 6.16. The van der Waals surface area contributed by atoms with Gasteiger partial charge in [-0.15, -0.1) is 13.2 Å². The number of alkyl halides is 3. The molecule has 0 fully saturated rings. The number of pyridine rings is 1. The van der Waals surface area contributed by atoms with E-state index in [0.29, 0.717) is 5.56 Å². The van der Waals surface area contributed by atoms with E-state index in [0.717, 1.165) is 12.1 Å². The van der Waals surface area contributed by atoms with Crippen molar-refractivity contribution in [3.05, 3.63) is 64.4 Å². The lowest BCUT2D eigenvalue weighted by molar-refractivity contribution is -0.274. The van der Waals surface area contributed by atoms with Gasteiger partial charge in [-0.3, -0.25) is 14.6 Å². The number of amides is 2. The third-order valence-corrected chi connectivity index (χ3v) is 4.89. The number of carbonyl (C=O) groups excluding carboxylic acids is 2. The normalized spacial score (nSPS) is 11.0. The number of halogens is 4. The Morgan fingerprint density at radius 2 is 1.67 bits per heavy atom. The van der Waals surface area contributed by atoms with Crippen LogP contribution in [0.5, 0.6) is 28.7 Å². The summed E-state index contributed by atoms with van der Waals surface area (Å²) < 4.78 is 57.8. The van der Waals surface area contributed by atoms with Crippen molar-refractivity contribution in [1.82, 2.24) is 4.98 Å². The van der Waals surface area contributed by atoms with Crippen molar-refractivity contribution in [2.45, 2.75) is 13.3 Å². The maximum atomic E-state index is 13.3. The molecular weight excluding hydrogens is 507 g/mol. The second-order valence-corrected chi connectivity index (χ2v) is 7.58. The molecule has 0 saturated carbocycles. The van der Waals surface area contributed by atoms with Crippen LogP contribution >= 0.6 is 11.6 Å². The number of benzene rings is 2. The van der Waals surface area contributed by atoms with E-state index in [1.54, 1.807) is 6.92 Å². The largest absolute Gasteiger partial charge is 0.573 e. The van der Waals surface area contributed by atoms with Crippen molar-refractivity contribution in [2.75, 3.05) is 19.5 Å². The molecule has 190 valence electrons. The standard InChI is InChI=1S/C23H19ClF3N3O6/c1-11-10-29-15(21(28)31)9-14(11)30-22(32)20-18(34-3)6-12(24)7-19(20)35-16-5-4-13(8-17(16)33-2)36-23(25,26)27/h4-10H,1-3H3,(H2,28,31)(H,29,30,32). The van der Waals surface area contributed by atoms with Crippen LogP contribution in [0.3, 0.4) is 0 Å². The highest BCUT2D eigenvalue weighted by atomic mass is 35.5. The fourth-order valence-corrected chi connectivity index (χ4v) is 3.25. The number of rotatable bonds is 8. The number of nitrogens with zero attached hydrogens (tertiary/aromatic N) is 1. The molecule has 1 heterocycles. The Labute approximate surface area is 207 Å². The smallest absolute Gasteiger partial charge is 0.496 e. The molecule has 0 atom stereocenters. The van der Waals surface area contributed by atoms with Gasteiger partial charge in [-0.1, -0.05) is 11.6 Å². The second-order valence-electron chi connectivity index (χ2n) is 7.15. The lowest BCUT2D eigenvalue weighted by atomic mass is 10.1. The Morgan fingerprint density at radius 1 is 1.00 bits per heavy atom. The number of ether oxygens (including phenoxy) is 4. The van der Waals surface area contributed by atoms with Gasteiger partial charge in [-0.05, 0) is 36.8 Å². The summed E-state index contributed by atoms with van der Waals surface area (Å²) in [5, 5.41) is 2.78. The van der Waals surface area contributed by atoms with Gasteiger partial charge in [0.05, 0.1) is 14.2 Å². The molecule has 0 radical (unpaired) electrons. The average Bonchev–Trinajstić information content (AvgIpc) is 2.79. The number of nitrogens with two attached hydrogens (primary N) is 1. The van der Waals surface area contributed by atoms with Crippen LogP contribution in [0.2, 0.25) is 5.02 Å². The molecule has 13 heteroatoms. The minimum absolute atomic E-state index is 0.0350. The number of carbonyl (C=O) groups is 2. The number of methoxy groups -OCH3 is 2. The third kappa shape index (κ3) is 6.27. The van der Waals surface area contributed by atoms with E-state index in [4.69, 9.17) is 31.5 Å². The molecule has 0 unspecified atom stereocenters. The Kier molecular flexibility index (Phi) is 7.78. The summed E-state index contributed by atoms with van der Waals surface area (Å²) in [4.78, 5) is 28.7. The van der Waals surface area contributed by atoms with Crippen LogP contribution in [0.4, 0.5) is 18.9 Å². The predicted octanol–water partition coefficient (Wildman–Crippen LogP) is 5.10. The molecule has 0 saturated heterocycles. The topological polar surface area (TPSA) is 122 Å². The number of nitrogens with one attached hydrogen (secondary N) is 1. The molecule has 0 bridgehead atoms. The maximum absolute atomic E-state index is 13.3. The lowest BCUT2D eigenvalue weighted by Gasteiger charge is -2.18. The van der Waals surface area contributed by atoms with Crippen LogP contribution in [0.1, 0.15) is 26.4 Å². The van der Waals surface area contributed by atoms with Crippen LogP contribution < -0.4 is 30.0 Å². The zero-order chi connectivity index (χ0) is 26.6. The van der Waals surface area contributed by atoms with Crippen molar-refractivity contribution >= 4 is 29.1 Å². The number of aromatic nitrogens is 1. The summed E-state index contributed by atoms with van der Waals surface area (Å²) in [6.45, 7) is 1.65. The molecule has 36 heavy (non-hydrogen) atoms. The van der Waals surface area contributed by atoms with Crippen LogP contribution in [0.15, 0.2) is 42.6 Å². The van der Waals surface area contributed by atoms with Gasteiger partial charge in [-0.2, -0.15) is 0 Å². The van der Waals surface area contributed by atoms with Crippen molar-refractivity contribution in [2.24, 2.45) is 5.73 Å². The molecule has 2 amide bonds. The lowest BCUT2D eigenvalue weighted by Crippen LogP contribution is -2.18. The molecule has 0 spiro atoms. The minimum atomic E-state index is -4.90. The highest BCUT2D eigenvalue weighted by Crippen LogP contribution is 2.41. The Morgan fingerprint density at radius 3 is 2.28 bits per heavy atom. The first kappa shape index (κ1) is 26.4. The molecule has 3 rings (SSSR count). The Bertz CT molecular complexity index is 1320. The monoisotopic (exact) mass is 525 g/mol. The number of primary amides is 1. The van der Waals surface area contributed by atoms with Gasteiger partial charge in [0.15, 0.2) is 11.5 Å². The molecule has 3 N–H and O–H groups in total. The number of anilines is 1. The van der Waals surface area contributed by atoms with E-state index in [9.17, 15) is 22.8 Å². The molecule has 0 aliphatic rings. The summed E-state index contributed by atoms with van der Waals surface area (Å²) in [5.41, 5.74) is 5.88. The predicted molar refractivity (Wildman–Crippen MR) is 123 cm³/mol. The van der Waals surface area contributed by atoms with Gasteiger partial charge in [0.2, 0.25) is 0 Å². The van der Waals surface area contributed by atoms with Crippen molar-refractivity contribution in [3.63, 3.8) is 0 Å². The number of hydrogen-bond donors (Lipinski definition) is 2. The zero-order valence-electron chi connectivity index (χ0n) is 19.0. The average molecular weight is 526 g/mol. The summed E-state index contributed by atoms with van der Waals surface area (Å²) in [7, 11) is 2.52. The van der Waals surface area contributed by atoms with Crippen LogP contribution in [0.25, 0.3) is 0 Å². The van der Waals surface area contributed by atoms with Gasteiger partial charge in [0.1, 0.15) is 28.5 Å². The van der Waals surface area contributed by atoms with Gasteiger partial charge in [0.25, 0.3) is 11.8 Å².